The van der Waals surface area contributed by atoms with Crippen molar-refractivity contribution in [1.29, 1.82) is 0 Å². The molecule has 0 fully saturated rings. The highest BCUT2D eigenvalue weighted by atomic mass is 32.2. The standard InChI is InChI=1S/C18H11NO4S2/c1-22-11-7-6-10-8-12(16(20)23-14(10)9-11)17(21)25-18-19-13-4-2-3-5-15(13)24-18/h2-9H,1H3. The Morgan fingerprint density at radius 2 is 2.04 bits per heavy atom. The minimum absolute atomic E-state index is 0.00178. The van der Waals surface area contributed by atoms with E-state index >= 15 is 0 Å². The zero-order valence-electron chi connectivity index (χ0n) is 13.0. The number of nitrogens with zero attached hydrogens (tertiary/aromatic N) is 1. The maximum atomic E-state index is 12.5. The monoisotopic (exact) mass is 369 g/mol. The SMILES string of the molecule is COc1ccc2cc(C(=O)Sc3nc4ccccc4s3)c(=O)oc2c1. The molecule has 0 atom stereocenters. The number of fused-ring (bicyclic) bond motifs is 2. The van der Waals surface area contributed by atoms with Gasteiger partial charge in [-0.2, -0.15) is 0 Å². The molecule has 2 heterocycles. The van der Waals surface area contributed by atoms with Crippen LogP contribution in [0.4, 0.5) is 0 Å². The normalized spacial score (nSPS) is 11.1. The number of carbonyl (C=O) groups excluding carboxylic acids is 1. The van der Waals surface area contributed by atoms with Crippen LogP contribution < -0.4 is 10.4 Å². The van der Waals surface area contributed by atoms with Gasteiger partial charge in [0.05, 0.1) is 17.3 Å². The number of thioether (sulfide) groups is 1. The molecule has 0 spiro atoms. The maximum Gasteiger partial charge on any atom is 0.348 e. The van der Waals surface area contributed by atoms with Crippen molar-refractivity contribution in [3.05, 3.63) is 64.5 Å². The highest BCUT2D eigenvalue weighted by Crippen LogP contribution is 2.31. The Kier molecular flexibility index (Phi) is 4.03. The lowest BCUT2D eigenvalue weighted by atomic mass is 10.2. The van der Waals surface area contributed by atoms with E-state index in [2.05, 4.69) is 4.98 Å². The van der Waals surface area contributed by atoms with Crippen LogP contribution in [0.5, 0.6) is 5.75 Å². The van der Waals surface area contributed by atoms with Crippen molar-refractivity contribution < 1.29 is 13.9 Å². The Morgan fingerprint density at radius 1 is 1.20 bits per heavy atom. The summed E-state index contributed by atoms with van der Waals surface area (Å²) >= 11 is 2.35. The second-order valence-corrected chi connectivity index (χ2v) is 7.44. The van der Waals surface area contributed by atoms with Gasteiger partial charge >= 0.3 is 5.63 Å². The molecule has 4 rings (SSSR count). The van der Waals surface area contributed by atoms with Crippen LogP contribution in [0.1, 0.15) is 10.4 Å². The van der Waals surface area contributed by atoms with Gasteiger partial charge in [0.15, 0.2) is 4.34 Å². The molecule has 0 N–H and O–H groups in total. The quantitative estimate of drug-likeness (QED) is 0.395. The number of methoxy groups -OCH3 is 1. The molecule has 0 unspecified atom stereocenters. The second-order valence-electron chi connectivity index (χ2n) is 5.19. The molecule has 25 heavy (non-hydrogen) atoms. The number of hydrogen-bond acceptors (Lipinski definition) is 7. The molecule has 0 saturated heterocycles. The number of ether oxygens (including phenoxy) is 1. The molecule has 5 nitrogen and oxygen atoms in total. The lowest BCUT2D eigenvalue weighted by Crippen LogP contribution is -2.11. The van der Waals surface area contributed by atoms with Crippen LogP contribution in [0, 0.1) is 0 Å². The van der Waals surface area contributed by atoms with E-state index < -0.39 is 5.63 Å². The molecule has 124 valence electrons. The Morgan fingerprint density at radius 3 is 2.84 bits per heavy atom. The summed E-state index contributed by atoms with van der Waals surface area (Å²) in [4.78, 5) is 29.1. The van der Waals surface area contributed by atoms with Gasteiger partial charge in [0.2, 0.25) is 5.12 Å². The summed E-state index contributed by atoms with van der Waals surface area (Å²) in [6.45, 7) is 0. The van der Waals surface area contributed by atoms with E-state index in [0.29, 0.717) is 21.1 Å². The van der Waals surface area contributed by atoms with Gasteiger partial charge in [-0.05, 0) is 42.1 Å². The predicted octanol–water partition coefficient (Wildman–Crippen LogP) is 4.34. The third-order valence-corrected chi connectivity index (χ3v) is 5.62. The number of benzene rings is 2. The maximum absolute atomic E-state index is 12.5. The van der Waals surface area contributed by atoms with Crippen LogP contribution in [-0.4, -0.2) is 17.2 Å². The molecule has 2 aromatic carbocycles. The number of aromatic nitrogens is 1. The fourth-order valence-electron chi connectivity index (χ4n) is 2.39. The summed E-state index contributed by atoms with van der Waals surface area (Å²) in [5, 5.41) is 0.277. The molecule has 0 bridgehead atoms. The first kappa shape index (κ1) is 15.9. The van der Waals surface area contributed by atoms with Crippen molar-refractivity contribution in [2.75, 3.05) is 7.11 Å². The molecule has 0 saturated carbocycles. The number of rotatable bonds is 3. The van der Waals surface area contributed by atoms with Crippen molar-refractivity contribution in [3.63, 3.8) is 0 Å². The average Bonchev–Trinajstić information content (AvgIpc) is 3.02. The van der Waals surface area contributed by atoms with Crippen LogP contribution >= 0.6 is 23.1 Å². The topological polar surface area (TPSA) is 69.4 Å². The molecule has 2 aromatic heterocycles. The van der Waals surface area contributed by atoms with Gasteiger partial charge < -0.3 is 9.15 Å². The van der Waals surface area contributed by atoms with Crippen molar-refractivity contribution in [3.8, 4) is 5.75 Å². The fourth-order valence-corrected chi connectivity index (χ4v) is 4.30. The molecular weight excluding hydrogens is 358 g/mol. The first-order chi connectivity index (χ1) is 12.1. The molecule has 4 aromatic rings. The van der Waals surface area contributed by atoms with E-state index in [1.807, 2.05) is 24.3 Å². The van der Waals surface area contributed by atoms with Crippen molar-refractivity contribution in [1.82, 2.24) is 4.98 Å². The average molecular weight is 369 g/mol. The van der Waals surface area contributed by atoms with Crippen LogP contribution in [0.25, 0.3) is 21.2 Å². The van der Waals surface area contributed by atoms with Crippen LogP contribution in [-0.2, 0) is 0 Å². The van der Waals surface area contributed by atoms with Gasteiger partial charge in [0.1, 0.15) is 16.9 Å². The van der Waals surface area contributed by atoms with Crippen LogP contribution in [0.3, 0.4) is 0 Å². The Hall–Kier alpha value is -2.64. The largest absolute Gasteiger partial charge is 0.497 e. The summed E-state index contributed by atoms with van der Waals surface area (Å²) in [6, 6.07) is 14.3. The molecule has 0 aliphatic carbocycles. The zero-order chi connectivity index (χ0) is 17.4. The van der Waals surface area contributed by atoms with Gasteiger partial charge in [-0.3, -0.25) is 4.79 Å². The van der Waals surface area contributed by atoms with E-state index in [9.17, 15) is 9.59 Å². The highest BCUT2D eigenvalue weighted by molar-refractivity contribution is 8.15. The van der Waals surface area contributed by atoms with Gasteiger partial charge in [-0.25, -0.2) is 9.78 Å². The first-order valence-corrected chi connectivity index (χ1v) is 8.97. The molecule has 0 aliphatic heterocycles. The van der Waals surface area contributed by atoms with Gasteiger partial charge in [-0.15, -0.1) is 11.3 Å². The summed E-state index contributed by atoms with van der Waals surface area (Å²) in [5.74, 6) is 0.582. The van der Waals surface area contributed by atoms with E-state index in [0.717, 1.165) is 22.0 Å². The fraction of sp³-hybridized carbons (Fsp3) is 0.0556. The number of para-hydroxylation sites is 1. The van der Waals surface area contributed by atoms with E-state index in [-0.39, 0.29) is 10.7 Å². The van der Waals surface area contributed by atoms with Gasteiger partial charge in [-0.1, -0.05) is 12.1 Å². The minimum atomic E-state index is -0.667. The summed E-state index contributed by atoms with van der Waals surface area (Å²) in [6.07, 6.45) is 0. The Bertz CT molecular complexity index is 1130. The van der Waals surface area contributed by atoms with E-state index in [4.69, 9.17) is 9.15 Å². The van der Waals surface area contributed by atoms with Crippen molar-refractivity contribution >= 4 is 49.4 Å². The van der Waals surface area contributed by atoms with Crippen LogP contribution in [0.15, 0.2) is 62.1 Å². The molecule has 0 amide bonds. The van der Waals surface area contributed by atoms with Gasteiger partial charge in [0.25, 0.3) is 0 Å². The molecule has 0 radical (unpaired) electrons. The smallest absolute Gasteiger partial charge is 0.348 e. The third kappa shape index (κ3) is 3.04. The summed E-state index contributed by atoms with van der Waals surface area (Å²) in [7, 11) is 1.53. The second kappa shape index (κ2) is 6.34. The number of hydrogen-bond donors (Lipinski definition) is 0. The Labute approximate surface area is 150 Å². The predicted molar refractivity (Wildman–Crippen MR) is 98.8 cm³/mol. The third-order valence-electron chi connectivity index (χ3n) is 3.62. The minimum Gasteiger partial charge on any atom is -0.497 e. The number of carbonyl (C=O) groups is 1. The molecule has 0 aliphatic rings. The molecular formula is C18H11NO4S2. The lowest BCUT2D eigenvalue weighted by molar-refractivity contribution is 0.108. The Balaban J connectivity index is 1.69. The highest BCUT2D eigenvalue weighted by Gasteiger charge is 2.17. The van der Waals surface area contributed by atoms with Crippen LogP contribution in [0.2, 0.25) is 0 Å². The summed E-state index contributed by atoms with van der Waals surface area (Å²) < 4.78 is 12.0. The first-order valence-electron chi connectivity index (χ1n) is 7.34. The van der Waals surface area contributed by atoms with E-state index in [1.54, 1.807) is 24.3 Å². The van der Waals surface area contributed by atoms with Crippen molar-refractivity contribution in [2.24, 2.45) is 0 Å². The zero-order valence-corrected chi connectivity index (χ0v) is 14.6. The molecule has 7 heteroatoms. The van der Waals surface area contributed by atoms with E-state index in [1.165, 1.54) is 18.4 Å². The summed E-state index contributed by atoms with van der Waals surface area (Å²) in [5.41, 5.74) is 0.549. The number of thiazole rings is 1. The van der Waals surface area contributed by atoms with Gasteiger partial charge in [0, 0.05) is 11.5 Å². The lowest BCUT2D eigenvalue weighted by Gasteiger charge is -2.03. The van der Waals surface area contributed by atoms with Crippen molar-refractivity contribution in [2.45, 2.75) is 4.34 Å².